The molecular weight excluding hydrogens is 268 g/mol. The van der Waals surface area contributed by atoms with E-state index >= 15 is 0 Å². The molecule has 116 valence electrons. The van der Waals surface area contributed by atoms with Crippen LogP contribution in [0.25, 0.3) is 0 Å². The van der Waals surface area contributed by atoms with Crippen molar-refractivity contribution < 1.29 is 14.6 Å². The smallest absolute Gasteiger partial charge is 0.101 e. The van der Waals surface area contributed by atoms with Gasteiger partial charge in [-0.3, -0.25) is 9.97 Å². The first-order valence-electron chi connectivity index (χ1n) is 6.91. The first kappa shape index (κ1) is 17.5. The van der Waals surface area contributed by atoms with Gasteiger partial charge >= 0.3 is 0 Å². The Balaban J connectivity index is 2.43. The van der Waals surface area contributed by atoms with E-state index in [0.29, 0.717) is 13.2 Å². The number of hydrogen-bond donors (Lipinski definition) is 1. The van der Waals surface area contributed by atoms with Gasteiger partial charge in [-0.1, -0.05) is 24.6 Å². The lowest BCUT2D eigenvalue weighted by Crippen LogP contribution is -2.31. The van der Waals surface area contributed by atoms with Crippen molar-refractivity contribution in [2.75, 3.05) is 13.7 Å². The van der Waals surface area contributed by atoms with Crippen LogP contribution < -0.4 is 0 Å². The highest BCUT2D eigenvalue weighted by molar-refractivity contribution is 5.05. The van der Waals surface area contributed by atoms with Crippen LogP contribution in [0, 0.1) is 5.92 Å². The summed E-state index contributed by atoms with van der Waals surface area (Å²) in [5, 5.41) is 10.1. The van der Waals surface area contributed by atoms with Crippen LogP contribution in [0.4, 0.5) is 0 Å². The average Bonchev–Trinajstić information content (AvgIpc) is 2.49. The molecule has 0 aliphatic rings. The van der Waals surface area contributed by atoms with Crippen molar-refractivity contribution in [3.63, 3.8) is 0 Å². The highest BCUT2D eigenvalue weighted by Crippen LogP contribution is 2.14. The van der Waals surface area contributed by atoms with Crippen LogP contribution in [-0.4, -0.2) is 41.0 Å². The summed E-state index contributed by atoms with van der Waals surface area (Å²) in [5.41, 5.74) is 1.84. The highest BCUT2D eigenvalue weighted by Gasteiger charge is 2.20. The predicted octanol–water partition coefficient (Wildman–Crippen LogP) is 2.14. The monoisotopic (exact) mass is 292 g/mol. The van der Waals surface area contributed by atoms with Gasteiger partial charge in [0.1, 0.15) is 6.10 Å². The quantitative estimate of drug-likeness (QED) is 0.706. The van der Waals surface area contributed by atoms with Crippen LogP contribution in [0.15, 0.2) is 42.9 Å². The van der Waals surface area contributed by atoms with E-state index < -0.39 is 6.10 Å². The van der Waals surface area contributed by atoms with Gasteiger partial charge in [-0.15, -0.1) is 6.58 Å². The molecule has 0 bridgehead atoms. The van der Waals surface area contributed by atoms with Crippen LogP contribution in [0.5, 0.6) is 0 Å². The molecule has 1 heterocycles. The largest absolute Gasteiger partial charge is 0.389 e. The van der Waals surface area contributed by atoms with E-state index in [1.54, 1.807) is 31.8 Å². The maximum atomic E-state index is 10.1. The number of hydrogen-bond acceptors (Lipinski definition) is 5. The minimum Gasteiger partial charge on any atom is -0.389 e. The first-order valence-corrected chi connectivity index (χ1v) is 6.91. The van der Waals surface area contributed by atoms with Crippen molar-refractivity contribution in [1.29, 1.82) is 0 Å². The number of nitrogens with zero attached hydrogens (tertiary/aromatic N) is 2. The Morgan fingerprint density at radius 2 is 2.24 bits per heavy atom. The molecule has 0 saturated carbocycles. The molecule has 0 aliphatic heterocycles. The van der Waals surface area contributed by atoms with E-state index in [0.717, 1.165) is 11.3 Å². The molecule has 1 rings (SSSR count). The molecule has 0 spiro atoms. The topological polar surface area (TPSA) is 64.5 Å². The summed E-state index contributed by atoms with van der Waals surface area (Å²) in [6, 6.07) is 0. The summed E-state index contributed by atoms with van der Waals surface area (Å²) >= 11 is 0. The molecule has 5 nitrogen and oxygen atoms in total. The molecule has 0 saturated heterocycles. The third-order valence-electron chi connectivity index (χ3n) is 3.12. The molecular formula is C16H24N2O3. The van der Waals surface area contributed by atoms with Crippen LogP contribution in [0.1, 0.15) is 19.5 Å². The zero-order valence-electron chi connectivity index (χ0n) is 12.9. The van der Waals surface area contributed by atoms with Gasteiger partial charge in [0.05, 0.1) is 31.2 Å². The van der Waals surface area contributed by atoms with Gasteiger partial charge < -0.3 is 14.6 Å². The Morgan fingerprint density at radius 1 is 1.48 bits per heavy atom. The van der Waals surface area contributed by atoms with E-state index in [1.807, 2.05) is 19.9 Å². The lowest BCUT2D eigenvalue weighted by atomic mass is 9.97. The van der Waals surface area contributed by atoms with E-state index in [2.05, 4.69) is 16.5 Å². The lowest BCUT2D eigenvalue weighted by molar-refractivity contribution is -0.00171. The van der Waals surface area contributed by atoms with Gasteiger partial charge in [-0.05, 0) is 6.92 Å². The summed E-state index contributed by atoms with van der Waals surface area (Å²) in [6.45, 7) is 8.46. The van der Waals surface area contributed by atoms with Gasteiger partial charge in [-0.2, -0.15) is 0 Å². The summed E-state index contributed by atoms with van der Waals surface area (Å²) < 4.78 is 10.7. The fourth-order valence-electron chi connectivity index (χ4n) is 1.99. The van der Waals surface area contributed by atoms with Crippen molar-refractivity contribution in [3.05, 3.63) is 48.6 Å². The minimum atomic E-state index is -0.623. The molecule has 1 aromatic rings. The summed E-state index contributed by atoms with van der Waals surface area (Å²) in [7, 11) is 1.56. The van der Waals surface area contributed by atoms with Gasteiger partial charge in [0, 0.05) is 25.4 Å². The van der Waals surface area contributed by atoms with Gasteiger partial charge in [0.2, 0.25) is 0 Å². The SMILES string of the molecule is C=CC(OC)[C@@H](O)[C@H](C)/C=C(/C)COCc1cnccn1. The number of aliphatic hydroxyl groups excluding tert-OH is 1. The normalized spacial score (nSPS) is 16.3. The fraction of sp³-hybridized carbons (Fsp3) is 0.500. The zero-order chi connectivity index (χ0) is 15.7. The molecule has 0 aliphatic carbocycles. The Morgan fingerprint density at radius 3 is 2.81 bits per heavy atom. The number of aromatic nitrogens is 2. The van der Waals surface area contributed by atoms with Crippen LogP contribution in [0.2, 0.25) is 0 Å². The van der Waals surface area contributed by atoms with Gasteiger partial charge in [-0.25, -0.2) is 0 Å². The standard InChI is InChI=1S/C16H24N2O3/c1-5-15(20-4)16(19)13(3)8-12(2)10-21-11-14-9-17-6-7-18-14/h5-9,13,15-16,19H,1,10-11H2,2-4H3/b12-8-/t13-,15?,16+/m1/s1. The summed E-state index contributed by atoms with van der Waals surface area (Å²) in [4.78, 5) is 8.11. The second-order valence-electron chi connectivity index (χ2n) is 4.99. The number of methoxy groups -OCH3 is 1. The van der Waals surface area contributed by atoms with Crippen molar-refractivity contribution >= 4 is 0 Å². The van der Waals surface area contributed by atoms with Crippen molar-refractivity contribution in [3.8, 4) is 0 Å². The molecule has 0 aromatic carbocycles. The molecule has 5 heteroatoms. The van der Waals surface area contributed by atoms with Crippen molar-refractivity contribution in [2.45, 2.75) is 32.7 Å². The molecule has 3 atom stereocenters. The van der Waals surface area contributed by atoms with Gasteiger partial charge in [0.15, 0.2) is 0 Å². The zero-order valence-corrected chi connectivity index (χ0v) is 12.9. The van der Waals surface area contributed by atoms with Gasteiger partial charge in [0.25, 0.3) is 0 Å². The Kier molecular flexibility index (Phi) is 7.82. The fourth-order valence-corrected chi connectivity index (χ4v) is 1.99. The molecule has 0 radical (unpaired) electrons. The number of ether oxygens (including phenoxy) is 2. The van der Waals surface area contributed by atoms with E-state index in [9.17, 15) is 5.11 Å². The third-order valence-corrected chi connectivity index (χ3v) is 3.12. The lowest BCUT2D eigenvalue weighted by Gasteiger charge is -2.22. The van der Waals surface area contributed by atoms with Crippen molar-refractivity contribution in [2.24, 2.45) is 5.92 Å². The van der Waals surface area contributed by atoms with Crippen LogP contribution in [-0.2, 0) is 16.1 Å². The second-order valence-corrected chi connectivity index (χ2v) is 4.99. The highest BCUT2D eigenvalue weighted by atomic mass is 16.5. The van der Waals surface area contributed by atoms with E-state index in [4.69, 9.17) is 9.47 Å². The molecule has 1 aromatic heterocycles. The molecule has 1 N–H and O–H groups in total. The predicted molar refractivity (Wildman–Crippen MR) is 81.6 cm³/mol. The number of rotatable bonds is 9. The Labute approximate surface area is 126 Å². The second kappa shape index (κ2) is 9.39. The molecule has 21 heavy (non-hydrogen) atoms. The van der Waals surface area contributed by atoms with Crippen LogP contribution in [0.3, 0.4) is 0 Å². The maximum absolute atomic E-state index is 10.1. The molecule has 0 amide bonds. The Bertz CT molecular complexity index is 448. The first-order chi connectivity index (χ1) is 10.1. The van der Waals surface area contributed by atoms with E-state index in [-0.39, 0.29) is 12.0 Å². The molecule has 1 unspecified atom stereocenters. The summed E-state index contributed by atoms with van der Waals surface area (Å²) in [5.74, 6) is -0.0481. The summed E-state index contributed by atoms with van der Waals surface area (Å²) in [6.07, 6.45) is 7.54. The maximum Gasteiger partial charge on any atom is 0.101 e. The minimum absolute atomic E-state index is 0.0481. The Hall–Kier alpha value is -1.56. The third kappa shape index (κ3) is 6.16. The van der Waals surface area contributed by atoms with E-state index in [1.165, 1.54) is 0 Å². The number of aliphatic hydroxyl groups is 1. The average molecular weight is 292 g/mol. The van der Waals surface area contributed by atoms with Crippen molar-refractivity contribution in [1.82, 2.24) is 9.97 Å². The van der Waals surface area contributed by atoms with Crippen LogP contribution >= 0.6 is 0 Å². The molecule has 0 fully saturated rings.